The van der Waals surface area contributed by atoms with Crippen molar-refractivity contribution < 1.29 is 23.5 Å². The minimum absolute atomic E-state index is 0.387. The molecule has 0 spiro atoms. The van der Waals surface area contributed by atoms with Gasteiger partial charge in [-0.15, -0.1) is 0 Å². The van der Waals surface area contributed by atoms with Gasteiger partial charge in [-0.1, -0.05) is 25.1 Å². The number of anilines is 1. The summed E-state index contributed by atoms with van der Waals surface area (Å²) in [7, 11) is 1.50. The summed E-state index contributed by atoms with van der Waals surface area (Å²) in [6.45, 7) is 3.06. The van der Waals surface area contributed by atoms with Crippen molar-refractivity contribution in [2.24, 2.45) is 0 Å². The average Bonchev–Trinajstić information content (AvgIpc) is 3.17. The molecular weight excluding hydrogens is 374 g/mol. The number of carbonyl (C=O) groups is 3. The van der Waals surface area contributed by atoms with Gasteiger partial charge in [0, 0.05) is 16.8 Å². The Kier molecular flexibility index (Phi) is 4.41. The Bertz CT molecular complexity index is 1150. The zero-order valence-electron chi connectivity index (χ0n) is 16.4. The summed E-state index contributed by atoms with van der Waals surface area (Å²) in [5.74, 6) is -0.476. The summed E-state index contributed by atoms with van der Waals surface area (Å²) in [5.41, 5.74) is 0.735. The minimum atomic E-state index is -0.984. The maximum atomic E-state index is 12.6. The van der Waals surface area contributed by atoms with Crippen LogP contribution in [0.5, 0.6) is 5.75 Å². The minimum Gasteiger partial charge on any atom is -0.495 e. The van der Waals surface area contributed by atoms with Gasteiger partial charge in [-0.2, -0.15) is 0 Å². The van der Waals surface area contributed by atoms with Gasteiger partial charge in [0.15, 0.2) is 0 Å². The van der Waals surface area contributed by atoms with Crippen LogP contribution in [-0.4, -0.2) is 41.9 Å². The maximum Gasteiger partial charge on any atom is 0.325 e. The molecule has 8 nitrogen and oxygen atoms in total. The molecule has 2 aromatic carbocycles. The highest BCUT2D eigenvalue weighted by molar-refractivity contribution is 6.11. The highest BCUT2D eigenvalue weighted by atomic mass is 16.5. The van der Waals surface area contributed by atoms with Crippen LogP contribution in [0.2, 0.25) is 0 Å². The Morgan fingerprint density at radius 3 is 2.66 bits per heavy atom. The Morgan fingerprint density at radius 2 is 1.97 bits per heavy atom. The Hall–Kier alpha value is -3.55. The van der Waals surface area contributed by atoms with Crippen LogP contribution in [0.4, 0.5) is 10.5 Å². The number of imide groups is 1. The number of benzene rings is 2. The second-order valence-electron chi connectivity index (χ2n) is 7.20. The molecule has 2 heterocycles. The smallest absolute Gasteiger partial charge is 0.325 e. The predicted molar refractivity (Wildman–Crippen MR) is 108 cm³/mol. The first-order valence-electron chi connectivity index (χ1n) is 9.29. The molecule has 4 rings (SSSR count). The second kappa shape index (κ2) is 6.80. The number of urea groups is 1. The molecule has 3 aromatic rings. The molecule has 1 aromatic heterocycles. The van der Waals surface area contributed by atoms with Crippen LogP contribution >= 0.6 is 0 Å². The number of fused-ring (bicyclic) bond motifs is 3. The van der Waals surface area contributed by atoms with Crippen molar-refractivity contribution in [2.45, 2.75) is 25.8 Å². The summed E-state index contributed by atoms with van der Waals surface area (Å²) in [4.78, 5) is 38.1. The molecule has 1 fully saturated rings. The third kappa shape index (κ3) is 3.06. The van der Waals surface area contributed by atoms with E-state index >= 15 is 0 Å². The van der Waals surface area contributed by atoms with Gasteiger partial charge in [-0.3, -0.25) is 14.5 Å². The number of methoxy groups -OCH3 is 1. The van der Waals surface area contributed by atoms with E-state index in [1.54, 1.807) is 26.0 Å². The van der Waals surface area contributed by atoms with Crippen LogP contribution in [0.15, 0.2) is 40.8 Å². The lowest BCUT2D eigenvalue weighted by molar-refractivity contribution is -0.133. The number of furan rings is 1. The number of hydrogen-bond acceptors (Lipinski definition) is 5. The lowest BCUT2D eigenvalue weighted by Crippen LogP contribution is -2.44. The maximum absolute atomic E-state index is 12.6. The van der Waals surface area contributed by atoms with Gasteiger partial charge in [0.05, 0.1) is 12.8 Å². The first kappa shape index (κ1) is 18.8. The first-order valence-corrected chi connectivity index (χ1v) is 9.29. The topological polar surface area (TPSA) is 101 Å². The standard InChI is InChI=1S/C21H21N3O5/c1-4-21(2)19(26)24(20(27)23-21)11-18(25)22-14-10-16-13(9-17(14)28-3)12-7-5-6-8-15(12)29-16/h5-10H,4,11H2,1-3H3,(H,22,25)(H,23,27)/t21-/m0/s1. The van der Waals surface area contributed by atoms with Gasteiger partial charge < -0.3 is 19.8 Å². The Morgan fingerprint density at radius 1 is 1.21 bits per heavy atom. The van der Waals surface area contributed by atoms with Crippen molar-refractivity contribution in [3.63, 3.8) is 0 Å². The third-order valence-corrected chi connectivity index (χ3v) is 5.33. The monoisotopic (exact) mass is 395 g/mol. The molecule has 1 aliphatic heterocycles. The van der Waals surface area contributed by atoms with Crippen molar-refractivity contribution >= 4 is 45.5 Å². The van der Waals surface area contributed by atoms with E-state index in [0.717, 1.165) is 21.3 Å². The fourth-order valence-corrected chi connectivity index (χ4v) is 3.48. The van der Waals surface area contributed by atoms with Crippen LogP contribution in [0, 0.1) is 0 Å². The fraction of sp³-hybridized carbons (Fsp3) is 0.286. The van der Waals surface area contributed by atoms with E-state index in [4.69, 9.17) is 9.15 Å². The quantitative estimate of drug-likeness (QED) is 0.646. The zero-order chi connectivity index (χ0) is 20.8. The highest BCUT2D eigenvalue weighted by Gasteiger charge is 2.47. The third-order valence-electron chi connectivity index (χ3n) is 5.33. The largest absolute Gasteiger partial charge is 0.495 e. The number of carbonyl (C=O) groups excluding carboxylic acids is 3. The number of hydrogen-bond donors (Lipinski definition) is 2. The van der Waals surface area contributed by atoms with E-state index < -0.39 is 23.4 Å². The van der Waals surface area contributed by atoms with Crippen LogP contribution in [0.3, 0.4) is 0 Å². The molecule has 0 radical (unpaired) electrons. The number of rotatable bonds is 5. The summed E-state index contributed by atoms with van der Waals surface area (Å²) in [6.07, 6.45) is 0.437. The lowest BCUT2D eigenvalue weighted by atomic mass is 9.99. The predicted octanol–water partition coefficient (Wildman–Crippen LogP) is 3.25. The van der Waals surface area contributed by atoms with E-state index in [9.17, 15) is 14.4 Å². The molecular formula is C21H21N3O5. The summed E-state index contributed by atoms with van der Waals surface area (Å²) in [6, 6.07) is 10.5. The number of amides is 4. The first-order chi connectivity index (χ1) is 13.9. The van der Waals surface area contributed by atoms with Gasteiger partial charge in [-0.25, -0.2) is 4.79 Å². The summed E-state index contributed by atoms with van der Waals surface area (Å²) >= 11 is 0. The molecule has 1 saturated heterocycles. The zero-order valence-corrected chi connectivity index (χ0v) is 16.4. The van der Waals surface area contributed by atoms with Crippen molar-refractivity contribution in [3.05, 3.63) is 36.4 Å². The van der Waals surface area contributed by atoms with E-state index in [1.165, 1.54) is 7.11 Å². The van der Waals surface area contributed by atoms with Crippen molar-refractivity contribution in [1.29, 1.82) is 0 Å². The van der Waals surface area contributed by atoms with Gasteiger partial charge in [0.2, 0.25) is 5.91 Å². The summed E-state index contributed by atoms with van der Waals surface area (Å²) in [5, 5.41) is 7.15. The van der Waals surface area contributed by atoms with Crippen LogP contribution in [0.25, 0.3) is 21.9 Å². The van der Waals surface area contributed by atoms with Gasteiger partial charge in [0.1, 0.15) is 29.0 Å². The molecule has 0 bridgehead atoms. The van der Waals surface area contributed by atoms with E-state index in [2.05, 4.69) is 10.6 Å². The lowest BCUT2D eigenvalue weighted by Gasteiger charge is -2.19. The molecule has 8 heteroatoms. The van der Waals surface area contributed by atoms with Gasteiger partial charge in [-0.05, 0) is 25.5 Å². The SMILES string of the molecule is CC[C@]1(C)NC(=O)N(CC(=O)Nc2cc3oc4ccccc4c3cc2OC)C1=O. The molecule has 2 N–H and O–H groups in total. The van der Waals surface area contributed by atoms with Crippen molar-refractivity contribution in [3.8, 4) is 5.75 Å². The molecule has 29 heavy (non-hydrogen) atoms. The second-order valence-corrected chi connectivity index (χ2v) is 7.20. The molecule has 1 atom stereocenters. The molecule has 150 valence electrons. The van der Waals surface area contributed by atoms with Gasteiger partial charge in [0.25, 0.3) is 5.91 Å². The van der Waals surface area contributed by atoms with Crippen LogP contribution in [-0.2, 0) is 9.59 Å². The number of nitrogens with one attached hydrogen (secondary N) is 2. The average molecular weight is 395 g/mol. The molecule has 1 aliphatic rings. The molecule has 0 unspecified atom stereocenters. The molecule has 0 saturated carbocycles. The molecule has 4 amide bonds. The fourth-order valence-electron chi connectivity index (χ4n) is 3.48. The molecule has 0 aliphatic carbocycles. The van der Waals surface area contributed by atoms with Crippen molar-refractivity contribution in [2.75, 3.05) is 19.0 Å². The number of ether oxygens (including phenoxy) is 1. The normalized spacial score (nSPS) is 19.1. The Balaban J connectivity index is 1.60. The van der Waals surface area contributed by atoms with Crippen LogP contribution in [0.1, 0.15) is 20.3 Å². The number of para-hydroxylation sites is 1. The van der Waals surface area contributed by atoms with E-state index in [0.29, 0.717) is 23.4 Å². The van der Waals surface area contributed by atoms with Gasteiger partial charge >= 0.3 is 6.03 Å². The number of nitrogens with zero attached hydrogens (tertiary/aromatic N) is 1. The highest BCUT2D eigenvalue weighted by Crippen LogP contribution is 2.36. The van der Waals surface area contributed by atoms with Crippen molar-refractivity contribution in [1.82, 2.24) is 10.2 Å². The van der Waals surface area contributed by atoms with E-state index in [1.807, 2.05) is 24.3 Å². The van der Waals surface area contributed by atoms with Crippen LogP contribution < -0.4 is 15.4 Å². The summed E-state index contributed by atoms with van der Waals surface area (Å²) < 4.78 is 11.3. The Labute approximate surface area is 166 Å². The van der Waals surface area contributed by atoms with E-state index in [-0.39, 0.29) is 6.54 Å².